The molecule has 5 nitrogen and oxygen atoms in total. The van der Waals surface area contributed by atoms with Crippen LogP contribution < -0.4 is 11.1 Å². The van der Waals surface area contributed by atoms with Crippen LogP contribution in [0.15, 0.2) is 0 Å². The van der Waals surface area contributed by atoms with E-state index in [0.29, 0.717) is 6.54 Å². The number of rotatable bonds is 5. The third kappa shape index (κ3) is 3.26. The first-order valence-corrected chi connectivity index (χ1v) is 7.25. The molecular formula is C14H24N2O3. The van der Waals surface area contributed by atoms with Crippen molar-refractivity contribution in [1.82, 2.24) is 5.32 Å². The van der Waals surface area contributed by atoms with Crippen molar-refractivity contribution in [3.05, 3.63) is 0 Å². The Balaban J connectivity index is 1.92. The van der Waals surface area contributed by atoms with Crippen LogP contribution in [0.4, 0.5) is 0 Å². The number of carboxylic acid groups (broad SMARTS) is 1. The molecule has 2 fully saturated rings. The Morgan fingerprint density at radius 2 is 1.68 bits per heavy atom. The summed E-state index contributed by atoms with van der Waals surface area (Å²) in [4.78, 5) is 23.1. The van der Waals surface area contributed by atoms with Crippen molar-refractivity contribution in [2.45, 2.75) is 63.3 Å². The zero-order valence-corrected chi connectivity index (χ0v) is 11.4. The van der Waals surface area contributed by atoms with Gasteiger partial charge in [0.1, 0.15) is 0 Å². The number of nitrogens with two attached hydrogens (primary N) is 1. The fourth-order valence-electron chi connectivity index (χ4n) is 3.27. The molecule has 19 heavy (non-hydrogen) atoms. The second kappa shape index (κ2) is 5.49. The Bertz CT molecular complexity index is 358. The van der Waals surface area contributed by atoms with Gasteiger partial charge in [-0.15, -0.1) is 0 Å². The minimum absolute atomic E-state index is 0.103. The topological polar surface area (TPSA) is 92.4 Å². The van der Waals surface area contributed by atoms with Crippen LogP contribution >= 0.6 is 0 Å². The van der Waals surface area contributed by atoms with Crippen LogP contribution in [0.3, 0.4) is 0 Å². The van der Waals surface area contributed by atoms with Crippen LogP contribution in [-0.2, 0) is 9.59 Å². The van der Waals surface area contributed by atoms with E-state index in [1.54, 1.807) is 0 Å². The molecule has 0 radical (unpaired) electrons. The standard InChI is InChI=1S/C14H24N2O3/c15-14(7-4-8-14)12(19)16-10-13(9-11(17)18)5-2-1-3-6-13/h1-10,15H2,(H,16,19)(H,17,18). The molecule has 0 aromatic rings. The van der Waals surface area contributed by atoms with Crippen molar-refractivity contribution in [3.8, 4) is 0 Å². The van der Waals surface area contributed by atoms with E-state index in [1.807, 2.05) is 0 Å². The van der Waals surface area contributed by atoms with Crippen LogP contribution in [-0.4, -0.2) is 29.1 Å². The summed E-state index contributed by atoms with van der Waals surface area (Å²) in [7, 11) is 0. The highest BCUT2D eigenvalue weighted by Crippen LogP contribution is 2.39. The lowest BCUT2D eigenvalue weighted by molar-refractivity contribution is -0.141. The molecular weight excluding hydrogens is 244 g/mol. The molecule has 2 saturated carbocycles. The van der Waals surface area contributed by atoms with Crippen LogP contribution in [0.2, 0.25) is 0 Å². The molecule has 0 aliphatic heterocycles. The molecule has 0 spiro atoms. The number of carbonyl (C=O) groups excluding carboxylic acids is 1. The minimum Gasteiger partial charge on any atom is -0.481 e. The minimum atomic E-state index is -0.776. The van der Waals surface area contributed by atoms with E-state index in [1.165, 1.54) is 0 Å². The van der Waals surface area contributed by atoms with E-state index < -0.39 is 11.5 Å². The second-order valence-electron chi connectivity index (χ2n) is 6.32. The Labute approximate surface area is 113 Å². The predicted molar refractivity (Wildman–Crippen MR) is 71.5 cm³/mol. The van der Waals surface area contributed by atoms with E-state index in [9.17, 15) is 9.59 Å². The van der Waals surface area contributed by atoms with Gasteiger partial charge in [-0.25, -0.2) is 0 Å². The van der Waals surface area contributed by atoms with Crippen molar-refractivity contribution >= 4 is 11.9 Å². The Hall–Kier alpha value is -1.10. The van der Waals surface area contributed by atoms with Crippen molar-refractivity contribution in [3.63, 3.8) is 0 Å². The van der Waals surface area contributed by atoms with E-state index in [4.69, 9.17) is 10.8 Å². The number of amides is 1. The molecule has 0 saturated heterocycles. The van der Waals surface area contributed by atoms with Gasteiger partial charge in [0.15, 0.2) is 0 Å². The number of carbonyl (C=O) groups is 2. The smallest absolute Gasteiger partial charge is 0.303 e. The van der Waals surface area contributed by atoms with Crippen molar-refractivity contribution < 1.29 is 14.7 Å². The molecule has 4 N–H and O–H groups in total. The van der Waals surface area contributed by atoms with Gasteiger partial charge in [-0.05, 0) is 37.5 Å². The molecule has 2 aliphatic rings. The monoisotopic (exact) mass is 268 g/mol. The van der Waals surface area contributed by atoms with E-state index in [0.717, 1.165) is 51.4 Å². The summed E-state index contributed by atoms with van der Waals surface area (Å²) < 4.78 is 0. The Morgan fingerprint density at radius 1 is 1.05 bits per heavy atom. The summed E-state index contributed by atoms with van der Waals surface area (Å²) in [5, 5.41) is 12.0. The lowest BCUT2D eigenvalue weighted by Crippen LogP contribution is -2.59. The summed E-state index contributed by atoms with van der Waals surface area (Å²) in [5.74, 6) is -0.878. The largest absolute Gasteiger partial charge is 0.481 e. The fraction of sp³-hybridized carbons (Fsp3) is 0.857. The van der Waals surface area contributed by atoms with E-state index in [2.05, 4.69) is 5.32 Å². The summed E-state index contributed by atoms with van der Waals surface area (Å²) in [5.41, 5.74) is 5.02. The highest BCUT2D eigenvalue weighted by Gasteiger charge is 2.42. The summed E-state index contributed by atoms with van der Waals surface area (Å²) in [6.07, 6.45) is 7.67. The van der Waals surface area contributed by atoms with Crippen LogP contribution in [0.25, 0.3) is 0 Å². The molecule has 2 aliphatic carbocycles. The van der Waals surface area contributed by atoms with Crippen molar-refractivity contribution in [2.75, 3.05) is 6.54 Å². The van der Waals surface area contributed by atoms with Gasteiger partial charge in [0.05, 0.1) is 12.0 Å². The lowest BCUT2D eigenvalue weighted by Gasteiger charge is -2.40. The molecule has 0 atom stereocenters. The van der Waals surface area contributed by atoms with Gasteiger partial charge in [0.25, 0.3) is 0 Å². The van der Waals surface area contributed by atoms with Gasteiger partial charge < -0.3 is 16.2 Å². The lowest BCUT2D eigenvalue weighted by atomic mass is 9.71. The van der Waals surface area contributed by atoms with Crippen LogP contribution in [0.1, 0.15) is 57.8 Å². The molecule has 0 aromatic heterocycles. The molecule has 0 bridgehead atoms. The van der Waals surface area contributed by atoms with Gasteiger partial charge in [-0.2, -0.15) is 0 Å². The number of nitrogens with one attached hydrogen (secondary N) is 1. The molecule has 108 valence electrons. The maximum Gasteiger partial charge on any atom is 0.303 e. The SMILES string of the molecule is NC1(C(=O)NCC2(CC(=O)O)CCCCC2)CCC1. The highest BCUT2D eigenvalue weighted by molar-refractivity contribution is 5.87. The van der Waals surface area contributed by atoms with Gasteiger partial charge in [-0.3, -0.25) is 9.59 Å². The summed E-state index contributed by atoms with van der Waals surface area (Å²) in [6, 6.07) is 0. The van der Waals surface area contributed by atoms with Crippen molar-refractivity contribution in [1.29, 1.82) is 0 Å². The van der Waals surface area contributed by atoms with Gasteiger partial charge in [-0.1, -0.05) is 19.3 Å². The Morgan fingerprint density at radius 3 is 2.16 bits per heavy atom. The number of carboxylic acids is 1. The number of hydrogen-bond donors (Lipinski definition) is 3. The maximum absolute atomic E-state index is 12.0. The first-order valence-electron chi connectivity index (χ1n) is 7.25. The zero-order chi connectivity index (χ0) is 13.9. The third-order valence-corrected chi connectivity index (χ3v) is 4.76. The first-order chi connectivity index (χ1) is 8.96. The van der Waals surface area contributed by atoms with E-state index >= 15 is 0 Å². The summed E-state index contributed by atoms with van der Waals surface area (Å²) in [6.45, 7) is 0.455. The summed E-state index contributed by atoms with van der Waals surface area (Å²) >= 11 is 0. The highest BCUT2D eigenvalue weighted by atomic mass is 16.4. The average Bonchev–Trinajstić information content (AvgIpc) is 2.33. The Kier molecular flexibility index (Phi) is 4.13. The van der Waals surface area contributed by atoms with Crippen molar-refractivity contribution in [2.24, 2.45) is 11.1 Å². The number of hydrogen-bond acceptors (Lipinski definition) is 3. The van der Waals surface area contributed by atoms with Gasteiger partial charge in [0, 0.05) is 6.54 Å². The first kappa shape index (κ1) is 14.3. The van der Waals surface area contributed by atoms with Crippen LogP contribution in [0.5, 0.6) is 0 Å². The normalized spacial score (nSPS) is 24.3. The second-order valence-corrected chi connectivity index (χ2v) is 6.32. The molecule has 5 heteroatoms. The quantitative estimate of drug-likeness (QED) is 0.703. The molecule has 0 unspecified atom stereocenters. The maximum atomic E-state index is 12.0. The zero-order valence-electron chi connectivity index (χ0n) is 11.4. The van der Waals surface area contributed by atoms with Crippen LogP contribution in [0, 0.1) is 5.41 Å². The van der Waals surface area contributed by atoms with E-state index in [-0.39, 0.29) is 17.7 Å². The molecule has 1 amide bonds. The van der Waals surface area contributed by atoms with Gasteiger partial charge >= 0.3 is 5.97 Å². The molecule has 0 aromatic carbocycles. The van der Waals surface area contributed by atoms with Gasteiger partial charge in [0.2, 0.25) is 5.91 Å². The third-order valence-electron chi connectivity index (χ3n) is 4.76. The molecule has 0 heterocycles. The fourth-order valence-corrected chi connectivity index (χ4v) is 3.27. The number of aliphatic carboxylic acids is 1. The molecule has 2 rings (SSSR count). The average molecular weight is 268 g/mol. The predicted octanol–water partition coefficient (Wildman–Crippen LogP) is 1.41.